The number of hydrogen-bond acceptors (Lipinski definition) is 4. The van der Waals surface area contributed by atoms with Gasteiger partial charge in [-0.15, -0.1) is 5.10 Å². The molecule has 7 heteroatoms. The zero-order chi connectivity index (χ0) is 16.5. The zero-order valence-corrected chi connectivity index (χ0v) is 12.5. The molecule has 0 spiro atoms. The van der Waals surface area contributed by atoms with Crippen molar-refractivity contribution in [3.63, 3.8) is 0 Å². The number of fused-ring (bicyclic) bond motifs is 1. The summed E-state index contributed by atoms with van der Waals surface area (Å²) >= 11 is 0. The Labute approximate surface area is 135 Å². The molecule has 0 bridgehead atoms. The summed E-state index contributed by atoms with van der Waals surface area (Å²) in [6.07, 6.45) is 1.46. The fourth-order valence-corrected chi connectivity index (χ4v) is 2.52. The Morgan fingerprint density at radius 1 is 1.04 bits per heavy atom. The highest BCUT2D eigenvalue weighted by molar-refractivity contribution is 5.70. The van der Waals surface area contributed by atoms with Crippen molar-refractivity contribution < 1.29 is 4.39 Å². The van der Waals surface area contributed by atoms with Gasteiger partial charge >= 0.3 is 0 Å². The molecule has 118 valence electrons. The number of halogens is 1. The lowest BCUT2D eigenvalue weighted by Crippen LogP contribution is -2.21. The quantitative estimate of drug-likeness (QED) is 0.580. The lowest BCUT2D eigenvalue weighted by atomic mass is 10.2. The Bertz CT molecular complexity index is 1070. The first-order valence-electron chi connectivity index (χ1n) is 7.33. The third-order valence-corrected chi connectivity index (χ3v) is 3.68. The molecule has 24 heavy (non-hydrogen) atoms. The molecule has 0 aliphatic heterocycles. The molecule has 2 aromatic heterocycles. The van der Waals surface area contributed by atoms with Crippen molar-refractivity contribution in [3.8, 4) is 5.69 Å². The van der Waals surface area contributed by atoms with Gasteiger partial charge in [0.15, 0.2) is 11.2 Å². The van der Waals surface area contributed by atoms with E-state index in [1.807, 2.05) is 30.3 Å². The molecular formula is C17H12FN5O. The van der Waals surface area contributed by atoms with Crippen LogP contribution >= 0.6 is 0 Å². The number of aromatic nitrogens is 5. The van der Waals surface area contributed by atoms with Gasteiger partial charge in [-0.25, -0.2) is 9.37 Å². The molecule has 0 N–H and O–H groups in total. The highest BCUT2D eigenvalue weighted by atomic mass is 19.1. The van der Waals surface area contributed by atoms with Crippen LogP contribution in [0.1, 0.15) is 5.56 Å². The highest BCUT2D eigenvalue weighted by Gasteiger charge is 2.13. The predicted molar refractivity (Wildman–Crippen MR) is 86.4 cm³/mol. The average molecular weight is 321 g/mol. The number of hydrogen-bond donors (Lipinski definition) is 0. The highest BCUT2D eigenvalue weighted by Crippen LogP contribution is 2.13. The van der Waals surface area contributed by atoms with E-state index in [1.54, 1.807) is 12.1 Å². The summed E-state index contributed by atoms with van der Waals surface area (Å²) in [5.74, 6) is -0.395. The van der Waals surface area contributed by atoms with Crippen molar-refractivity contribution in [2.45, 2.75) is 6.54 Å². The van der Waals surface area contributed by atoms with Crippen LogP contribution < -0.4 is 5.56 Å². The van der Waals surface area contributed by atoms with Crippen LogP contribution in [0.3, 0.4) is 0 Å². The van der Waals surface area contributed by atoms with Gasteiger partial charge in [0.2, 0.25) is 0 Å². The summed E-state index contributed by atoms with van der Waals surface area (Å²) in [6, 6.07) is 15.5. The molecule has 0 aliphatic rings. The second-order valence-electron chi connectivity index (χ2n) is 5.32. The van der Waals surface area contributed by atoms with Crippen molar-refractivity contribution in [2.75, 3.05) is 0 Å². The van der Waals surface area contributed by atoms with Crippen LogP contribution in [-0.2, 0) is 6.54 Å². The topological polar surface area (TPSA) is 65.6 Å². The third-order valence-electron chi connectivity index (χ3n) is 3.68. The van der Waals surface area contributed by atoms with Gasteiger partial charge in [0, 0.05) is 0 Å². The fourth-order valence-electron chi connectivity index (χ4n) is 2.52. The van der Waals surface area contributed by atoms with E-state index < -0.39 is 5.82 Å². The molecule has 6 nitrogen and oxygen atoms in total. The minimum atomic E-state index is -0.395. The van der Waals surface area contributed by atoms with Crippen LogP contribution in [0.25, 0.3) is 16.9 Å². The standard InChI is InChI=1S/C17H12FN5O/c18-13-7-4-8-14(9-13)23-16-15(20-21-23)17(24)22(11-19-16)10-12-5-2-1-3-6-12/h1-9,11H,10H2. The van der Waals surface area contributed by atoms with Gasteiger partial charge in [-0.3, -0.25) is 9.36 Å². The summed E-state index contributed by atoms with van der Waals surface area (Å²) in [5, 5.41) is 7.86. The van der Waals surface area contributed by atoms with Gasteiger partial charge in [-0.1, -0.05) is 41.6 Å². The Hall–Kier alpha value is -3.35. The third kappa shape index (κ3) is 2.45. The number of rotatable bonds is 3. The molecule has 0 fully saturated rings. The van der Waals surface area contributed by atoms with Crippen molar-refractivity contribution in [3.05, 3.63) is 82.7 Å². The molecular weight excluding hydrogens is 309 g/mol. The molecule has 2 heterocycles. The molecule has 0 saturated carbocycles. The fraction of sp³-hybridized carbons (Fsp3) is 0.0588. The van der Waals surface area contributed by atoms with Crippen LogP contribution in [0, 0.1) is 5.82 Å². The summed E-state index contributed by atoms with van der Waals surface area (Å²) in [7, 11) is 0. The first kappa shape index (κ1) is 14.3. The van der Waals surface area contributed by atoms with Gasteiger partial charge in [-0.2, -0.15) is 4.68 Å². The molecule has 0 unspecified atom stereocenters. The SMILES string of the molecule is O=c1c2nnn(-c3cccc(F)c3)c2ncn1Cc1ccccc1. The summed E-state index contributed by atoms with van der Waals surface area (Å²) in [5.41, 5.74) is 1.61. The van der Waals surface area contributed by atoms with Crippen molar-refractivity contribution in [2.24, 2.45) is 0 Å². The maximum absolute atomic E-state index is 13.4. The van der Waals surface area contributed by atoms with E-state index in [-0.39, 0.29) is 11.1 Å². The van der Waals surface area contributed by atoms with Gasteiger partial charge in [0.1, 0.15) is 12.1 Å². The van der Waals surface area contributed by atoms with E-state index in [1.165, 1.54) is 27.7 Å². The van der Waals surface area contributed by atoms with Crippen LogP contribution in [-0.4, -0.2) is 24.5 Å². The Balaban J connectivity index is 1.80. The monoisotopic (exact) mass is 321 g/mol. The van der Waals surface area contributed by atoms with Gasteiger partial charge in [0.05, 0.1) is 12.2 Å². The maximum atomic E-state index is 13.4. The Morgan fingerprint density at radius 3 is 2.67 bits per heavy atom. The van der Waals surface area contributed by atoms with Crippen molar-refractivity contribution >= 4 is 11.2 Å². The maximum Gasteiger partial charge on any atom is 0.283 e. The van der Waals surface area contributed by atoms with Crippen LogP contribution in [0.15, 0.2) is 65.7 Å². The molecule has 0 aliphatic carbocycles. The zero-order valence-electron chi connectivity index (χ0n) is 12.5. The molecule has 0 saturated heterocycles. The van der Waals surface area contributed by atoms with E-state index in [0.717, 1.165) is 5.56 Å². The van der Waals surface area contributed by atoms with Crippen LogP contribution in [0.4, 0.5) is 4.39 Å². The lowest BCUT2D eigenvalue weighted by Gasteiger charge is -2.05. The second kappa shape index (κ2) is 5.69. The van der Waals surface area contributed by atoms with Gasteiger partial charge in [0.25, 0.3) is 5.56 Å². The number of nitrogens with zero attached hydrogens (tertiary/aromatic N) is 5. The van der Waals surface area contributed by atoms with E-state index in [0.29, 0.717) is 17.9 Å². The minimum Gasteiger partial charge on any atom is -0.293 e. The minimum absolute atomic E-state index is 0.151. The predicted octanol–water partition coefficient (Wildman–Crippen LogP) is 2.16. The Kier molecular flexibility index (Phi) is 3.38. The van der Waals surface area contributed by atoms with Crippen molar-refractivity contribution in [1.82, 2.24) is 24.5 Å². The van der Waals surface area contributed by atoms with E-state index in [9.17, 15) is 9.18 Å². The van der Waals surface area contributed by atoms with Gasteiger partial charge in [-0.05, 0) is 23.8 Å². The van der Waals surface area contributed by atoms with E-state index in [4.69, 9.17) is 0 Å². The molecule has 0 atom stereocenters. The largest absolute Gasteiger partial charge is 0.293 e. The summed E-state index contributed by atoms with van der Waals surface area (Å²) in [4.78, 5) is 16.9. The van der Waals surface area contributed by atoms with Gasteiger partial charge < -0.3 is 0 Å². The molecule has 0 radical (unpaired) electrons. The summed E-state index contributed by atoms with van der Waals surface area (Å²) < 4.78 is 16.2. The summed E-state index contributed by atoms with van der Waals surface area (Å²) in [6.45, 7) is 0.398. The van der Waals surface area contributed by atoms with E-state index in [2.05, 4.69) is 15.3 Å². The Morgan fingerprint density at radius 2 is 1.88 bits per heavy atom. The van der Waals surface area contributed by atoms with Crippen LogP contribution in [0.2, 0.25) is 0 Å². The average Bonchev–Trinajstić information content (AvgIpc) is 3.03. The molecule has 4 aromatic rings. The molecule has 2 aromatic carbocycles. The van der Waals surface area contributed by atoms with Crippen molar-refractivity contribution in [1.29, 1.82) is 0 Å². The number of benzene rings is 2. The molecule has 4 rings (SSSR count). The van der Waals surface area contributed by atoms with Crippen LogP contribution in [0.5, 0.6) is 0 Å². The molecule has 0 amide bonds. The second-order valence-corrected chi connectivity index (χ2v) is 5.32. The first-order valence-corrected chi connectivity index (χ1v) is 7.33. The van der Waals surface area contributed by atoms with E-state index >= 15 is 0 Å². The smallest absolute Gasteiger partial charge is 0.283 e. The first-order chi connectivity index (χ1) is 11.7. The normalized spacial score (nSPS) is 11.0. The lowest BCUT2D eigenvalue weighted by molar-refractivity contribution is 0.625.